The highest BCUT2D eigenvalue weighted by Crippen LogP contribution is 2.26. The number of sulfonamides is 1. The number of carbonyl (C=O) groups is 1. The van der Waals surface area contributed by atoms with Crippen LogP contribution < -0.4 is 0 Å². The lowest BCUT2D eigenvalue weighted by Crippen LogP contribution is -2.44. The molecule has 0 aliphatic carbocycles. The summed E-state index contributed by atoms with van der Waals surface area (Å²) in [5.41, 5.74) is 0. The molecule has 0 unspecified atom stereocenters. The topological polar surface area (TPSA) is 57.7 Å². The van der Waals surface area contributed by atoms with E-state index >= 15 is 0 Å². The van der Waals surface area contributed by atoms with Crippen molar-refractivity contribution < 1.29 is 17.6 Å². The number of hydrogen-bond donors (Lipinski definition) is 0. The molecule has 1 saturated heterocycles. The first-order valence-electron chi connectivity index (χ1n) is 8.98. The zero-order chi connectivity index (χ0) is 19.4. The van der Waals surface area contributed by atoms with Gasteiger partial charge in [0.2, 0.25) is 15.9 Å². The van der Waals surface area contributed by atoms with E-state index in [0.717, 1.165) is 17.0 Å². The molecule has 0 radical (unpaired) electrons. The molecule has 0 bridgehead atoms. The number of benzene rings is 1. The van der Waals surface area contributed by atoms with Crippen LogP contribution in [0.15, 0.2) is 46.7 Å². The number of amides is 1. The molecule has 8 heteroatoms. The van der Waals surface area contributed by atoms with E-state index in [-0.39, 0.29) is 16.7 Å². The van der Waals surface area contributed by atoms with Gasteiger partial charge in [0.1, 0.15) is 5.82 Å². The standard InChI is InChI=1S/C19H23FN2O3S2/c1-2-21(14-17-4-3-13-26-17)19(23)15-9-11-22(12-10-15)27(24,25)18-7-5-16(20)6-8-18/h3-8,13,15H,2,9-12,14H2,1H3. The lowest BCUT2D eigenvalue weighted by atomic mass is 9.96. The Morgan fingerprint density at radius 2 is 1.89 bits per heavy atom. The van der Waals surface area contributed by atoms with Gasteiger partial charge in [-0.3, -0.25) is 4.79 Å². The van der Waals surface area contributed by atoms with Crippen LogP contribution in [-0.2, 0) is 21.4 Å². The number of piperidine rings is 1. The number of nitrogens with zero attached hydrogens (tertiary/aromatic N) is 2. The largest absolute Gasteiger partial charge is 0.338 e. The van der Waals surface area contributed by atoms with Crippen molar-refractivity contribution in [1.82, 2.24) is 9.21 Å². The van der Waals surface area contributed by atoms with E-state index in [4.69, 9.17) is 0 Å². The van der Waals surface area contributed by atoms with Gasteiger partial charge < -0.3 is 4.90 Å². The number of thiophene rings is 1. The third-order valence-corrected chi connectivity index (χ3v) is 7.65. The summed E-state index contributed by atoms with van der Waals surface area (Å²) in [5.74, 6) is -0.544. The van der Waals surface area contributed by atoms with E-state index in [2.05, 4.69) is 0 Å². The van der Waals surface area contributed by atoms with Gasteiger partial charge in [-0.2, -0.15) is 4.31 Å². The Morgan fingerprint density at radius 3 is 2.44 bits per heavy atom. The van der Waals surface area contributed by atoms with E-state index in [1.807, 2.05) is 29.3 Å². The first kappa shape index (κ1) is 20.0. The minimum absolute atomic E-state index is 0.0848. The first-order chi connectivity index (χ1) is 12.9. The van der Waals surface area contributed by atoms with Gasteiger partial charge in [-0.25, -0.2) is 12.8 Å². The maximum absolute atomic E-state index is 13.1. The van der Waals surface area contributed by atoms with Crippen LogP contribution in [0.3, 0.4) is 0 Å². The van der Waals surface area contributed by atoms with E-state index < -0.39 is 15.8 Å². The quantitative estimate of drug-likeness (QED) is 0.734. The average Bonchev–Trinajstić information content (AvgIpc) is 3.19. The summed E-state index contributed by atoms with van der Waals surface area (Å²) in [7, 11) is -3.65. The zero-order valence-corrected chi connectivity index (χ0v) is 16.8. The minimum atomic E-state index is -3.65. The zero-order valence-electron chi connectivity index (χ0n) is 15.2. The maximum Gasteiger partial charge on any atom is 0.243 e. The Labute approximate surface area is 163 Å². The maximum atomic E-state index is 13.1. The summed E-state index contributed by atoms with van der Waals surface area (Å²) in [6.07, 6.45) is 1.00. The molecule has 0 N–H and O–H groups in total. The van der Waals surface area contributed by atoms with Crippen molar-refractivity contribution in [3.8, 4) is 0 Å². The molecule has 0 atom stereocenters. The summed E-state index contributed by atoms with van der Waals surface area (Å²) >= 11 is 1.62. The highest BCUT2D eigenvalue weighted by Gasteiger charge is 2.33. The summed E-state index contributed by atoms with van der Waals surface area (Å²) < 4.78 is 39.8. The van der Waals surface area contributed by atoms with Crippen LogP contribution in [0.2, 0.25) is 0 Å². The number of carbonyl (C=O) groups excluding carboxylic acids is 1. The Bertz CT molecular complexity index is 859. The second-order valence-electron chi connectivity index (χ2n) is 6.56. The van der Waals surface area contributed by atoms with Gasteiger partial charge in [0.15, 0.2) is 0 Å². The van der Waals surface area contributed by atoms with Crippen LogP contribution in [-0.4, -0.2) is 43.2 Å². The van der Waals surface area contributed by atoms with E-state index in [0.29, 0.717) is 39.0 Å². The number of halogens is 1. The third-order valence-electron chi connectivity index (χ3n) is 4.87. The minimum Gasteiger partial charge on any atom is -0.338 e. The van der Waals surface area contributed by atoms with Gasteiger partial charge >= 0.3 is 0 Å². The Morgan fingerprint density at radius 1 is 1.22 bits per heavy atom. The molecule has 0 saturated carbocycles. The summed E-state index contributed by atoms with van der Waals surface area (Å²) in [6, 6.07) is 8.83. The molecule has 27 heavy (non-hydrogen) atoms. The molecule has 0 spiro atoms. The fourth-order valence-electron chi connectivity index (χ4n) is 3.29. The molecule has 5 nitrogen and oxygen atoms in total. The summed E-state index contributed by atoms with van der Waals surface area (Å²) in [6.45, 7) is 3.78. The number of hydrogen-bond acceptors (Lipinski definition) is 4. The van der Waals surface area contributed by atoms with Crippen molar-refractivity contribution in [3.63, 3.8) is 0 Å². The van der Waals surface area contributed by atoms with Crippen LogP contribution >= 0.6 is 11.3 Å². The molecule has 1 amide bonds. The molecule has 1 aliphatic heterocycles. The Balaban J connectivity index is 1.62. The van der Waals surface area contributed by atoms with Gasteiger partial charge in [-0.05, 0) is 55.5 Å². The van der Waals surface area contributed by atoms with Crippen LogP contribution in [0, 0.1) is 11.7 Å². The highest BCUT2D eigenvalue weighted by molar-refractivity contribution is 7.89. The van der Waals surface area contributed by atoms with Gasteiger partial charge in [0, 0.05) is 30.4 Å². The van der Waals surface area contributed by atoms with Crippen LogP contribution in [0.4, 0.5) is 4.39 Å². The lowest BCUT2D eigenvalue weighted by molar-refractivity contribution is -0.137. The molecular weight excluding hydrogens is 387 g/mol. The van der Waals surface area contributed by atoms with Crippen molar-refractivity contribution in [2.24, 2.45) is 5.92 Å². The predicted molar refractivity (Wildman–Crippen MR) is 103 cm³/mol. The monoisotopic (exact) mass is 410 g/mol. The van der Waals surface area contributed by atoms with Crippen molar-refractivity contribution >= 4 is 27.3 Å². The van der Waals surface area contributed by atoms with Crippen molar-refractivity contribution in [2.45, 2.75) is 31.2 Å². The lowest BCUT2D eigenvalue weighted by Gasteiger charge is -2.33. The average molecular weight is 411 g/mol. The SMILES string of the molecule is CCN(Cc1cccs1)C(=O)C1CCN(S(=O)(=O)c2ccc(F)cc2)CC1. The van der Waals surface area contributed by atoms with E-state index in [9.17, 15) is 17.6 Å². The van der Waals surface area contributed by atoms with Crippen molar-refractivity contribution in [3.05, 3.63) is 52.5 Å². The molecule has 1 aromatic heterocycles. The third kappa shape index (κ3) is 4.56. The van der Waals surface area contributed by atoms with Gasteiger partial charge in [0.05, 0.1) is 11.4 Å². The second kappa shape index (κ2) is 8.50. The highest BCUT2D eigenvalue weighted by atomic mass is 32.2. The molecule has 2 aromatic rings. The van der Waals surface area contributed by atoms with Gasteiger partial charge in [0.25, 0.3) is 0 Å². The van der Waals surface area contributed by atoms with E-state index in [1.165, 1.54) is 16.4 Å². The molecule has 1 aliphatic rings. The normalized spacial score (nSPS) is 16.4. The Kier molecular flexibility index (Phi) is 6.29. The van der Waals surface area contributed by atoms with Crippen LogP contribution in [0.1, 0.15) is 24.6 Å². The second-order valence-corrected chi connectivity index (χ2v) is 9.53. The number of rotatable bonds is 6. The van der Waals surface area contributed by atoms with E-state index in [1.54, 1.807) is 11.3 Å². The predicted octanol–water partition coefficient (Wildman–Crippen LogP) is 3.34. The molecule has 1 fully saturated rings. The van der Waals surface area contributed by atoms with Crippen LogP contribution in [0.5, 0.6) is 0 Å². The molecule has 1 aromatic carbocycles. The fourth-order valence-corrected chi connectivity index (χ4v) is 5.48. The van der Waals surface area contributed by atoms with Crippen molar-refractivity contribution in [1.29, 1.82) is 0 Å². The summed E-state index contributed by atoms with van der Waals surface area (Å²) in [5, 5.41) is 1.99. The van der Waals surface area contributed by atoms with Crippen molar-refractivity contribution in [2.75, 3.05) is 19.6 Å². The van der Waals surface area contributed by atoms with Gasteiger partial charge in [-0.1, -0.05) is 6.07 Å². The first-order valence-corrected chi connectivity index (χ1v) is 11.3. The molecule has 2 heterocycles. The molecule has 3 rings (SSSR count). The van der Waals surface area contributed by atoms with Crippen LogP contribution in [0.25, 0.3) is 0 Å². The Hall–Kier alpha value is -1.77. The molecule has 146 valence electrons. The summed E-state index contributed by atoms with van der Waals surface area (Å²) in [4.78, 5) is 15.9. The van der Waals surface area contributed by atoms with Gasteiger partial charge in [-0.15, -0.1) is 11.3 Å². The molecular formula is C19H23FN2O3S2. The smallest absolute Gasteiger partial charge is 0.243 e. The fraction of sp³-hybridized carbons (Fsp3) is 0.421.